The van der Waals surface area contributed by atoms with E-state index in [4.69, 9.17) is 26.8 Å². The predicted molar refractivity (Wildman–Crippen MR) is 171 cm³/mol. The Morgan fingerprint density at radius 1 is 0.739 bits per heavy atom. The van der Waals surface area contributed by atoms with Crippen LogP contribution in [0.5, 0.6) is 17.2 Å². The highest BCUT2D eigenvalue weighted by molar-refractivity contribution is 7.86. The Bertz CT molecular complexity index is 2310. The van der Waals surface area contributed by atoms with Crippen molar-refractivity contribution in [3.63, 3.8) is 0 Å². The van der Waals surface area contributed by atoms with E-state index in [-0.39, 0.29) is 67.2 Å². The molecule has 5 N–H and O–H groups in total. The minimum absolute atomic E-state index is 0.0275. The van der Waals surface area contributed by atoms with Crippen molar-refractivity contribution in [1.29, 1.82) is 0 Å². The summed E-state index contributed by atoms with van der Waals surface area (Å²) in [7, 11) is -7.70. The van der Waals surface area contributed by atoms with Crippen LogP contribution in [0.25, 0.3) is 21.5 Å². The number of fused-ring (bicyclic) bond motifs is 2. The average molecular weight is 686 g/mol. The first kappa shape index (κ1) is 32.5. The van der Waals surface area contributed by atoms with Gasteiger partial charge in [0.25, 0.3) is 20.2 Å². The number of phenols is 1. The van der Waals surface area contributed by atoms with Crippen molar-refractivity contribution in [1.82, 2.24) is 0 Å². The van der Waals surface area contributed by atoms with Crippen molar-refractivity contribution in [2.75, 3.05) is 19.5 Å². The predicted octanol–water partition coefficient (Wildman–Crippen LogP) is 7.67. The molecule has 0 heterocycles. The highest BCUT2D eigenvalue weighted by Gasteiger charge is 2.19. The molecule has 0 spiro atoms. The number of aromatic hydroxyl groups is 1. The number of ether oxygens (including phenoxy) is 2. The van der Waals surface area contributed by atoms with Crippen molar-refractivity contribution in [3.05, 3.63) is 71.8 Å². The van der Waals surface area contributed by atoms with Gasteiger partial charge in [-0.05, 0) is 48.7 Å². The summed E-state index contributed by atoms with van der Waals surface area (Å²) in [4.78, 5) is -0.784. The van der Waals surface area contributed by atoms with Crippen LogP contribution in [0.4, 0.5) is 28.4 Å². The fourth-order valence-corrected chi connectivity index (χ4v) is 5.75. The van der Waals surface area contributed by atoms with Gasteiger partial charge in [0.15, 0.2) is 0 Å². The molecule has 14 nitrogen and oxygen atoms in total. The van der Waals surface area contributed by atoms with Crippen LogP contribution in [0.15, 0.2) is 97.0 Å². The summed E-state index contributed by atoms with van der Waals surface area (Å²) in [6, 6.07) is 14.5. The zero-order valence-electron chi connectivity index (χ0n) is 23.9. The Labute approximate surface area is 267 Å². The van der Waals surface area contributed by atoms with Crippen LogP contribution >= 0.6 is 11.6 Å². The standard InChI is InChI=1S/C29H24ClN5O9S2/c1-3-44-27-13-23(32-33-24-14-26(43-2)22(31)12-21(24)30)20-11-17(46(40,41)42)6-8-19(20)29(27)35-34-28-18-7-5-16(45(37,38)39)10-15(18)4-9-25(28)36/h4-14,36H,3,31H2,1-2H3,(H,37,38,39)(H,40,41,42). The normalized spacial score (nSPS) is 12.5. The fourth-order valence-electron chi connectivity index (χ4n) is 4.52. The molecule has 0 bridgehead atoms. The van der Waals surface area contributed by atoms with E-state index in [0.717, 1.165) is 12.1 Å². The molecule has 0 radical (unpaired) electrons. The van der Waals surface area contributed by atoms with Crippen LogP contribution < -0.4 is 15.2 Å². The average Bonchev–Trinajstić information content (AvgIpc) is 2.99. The molecule has 0 aromatic heterocycles. The first-order valence-corrected chi connectivity index (χ1v) is 16.4. The van der Waals surface area contributed by atoms with Crippen molar-refractivity contribution >= 4 is 81.8 Å². The summed E-state index contributed by atoms with van der Waals surface area (Å²) in [6.07, 6.45) is 0. The Morgan fingerprint density at radius 2 is 1.35 bits per heavy atom. The van der Waals surface area contributed by atoms with E-state index in [9.17, 15) is 31.0 Å². The molecule has 5 aromatic rings. The van der Waals surface area contributed by atoms with E-state index in [1.165, 1.54) is 61.7 Å². The van der Waals surface area contributed by atoms with Crippen molar-refractivity contribution in [2.45, 2.75) is 16.7 Å². The minimum Gasteiger partial charge on any atom is -0.506 e. The summed E-state index contributed by atoms with van der Waals surface area (Å²) < 4.78 is 77.6. The number of azo groups is 2. The molecule has 46 heavy (non-hydrogen) atoms. The number of rotatable bonds is 9. The topological polar surface area (TPSA) is 223 Å². The van der Waals surface area contributed by atoms with Gasteiger partial charge >= 0.3 is 0 Å². The van der Waals surface area contributed by atoms with Gasteiger partial charge in [-0.15, -0.1) is 20.5 Å². The van der Waals surface area contributed by atoms with Crippen LogP contribution in [0.2, 0.25) is 5.02 Å². The van der Waals surface area contributed by atoms with Crippen LogP contribution in [0.3, 0.4) is 0 Å². The molecule has 0 amide bonds. The lowest BCUT2D eigenvalue weighted by molar-refractivity contribution is 0.342. The monoisotopic (exact) mass is 685 g/mol. The number of hydrogen-bond donors (Lipinski definition) is 4. The van der Waals surface area contributed by atoms with E-state index in [0.29, 0.717) is 16.5 Å². The number of benzene rings is 5. The van der Waals surface area contributed by atoms with Gasteiger partial charge in [0.05, 0.1) is 39.9 Å². The summed E-state index contributed by atoms with van der Waals surface area (Å²) in [5.41, 5.74) is 6.56. The number of nitrogens with zero attached hydrogens (tertiary/aromatic N) is 4. The van der Waals surface area contributed by atoms with Crippen LogP contribution in [-0.2, 0) is 20.2 Å². The number of hydrogen-bond acceptors (Lipinski definition) is 12. The van der Waals surface area contributed by atoms with Gasteiger partial charge in [-0.2, -0.15) is 16.8 Å². The van der Waals surface area contributed by atoms with Crippen molar-refractivity contribution < 1.29 is 40.5 Å². The number of nitrogen functional groups attached to an aromatic ring is 1. The van der Waals surface area contributed by atoms with Gasteiger partial charge in [-0.1, -0.05) is 29.8 Å². The lowest BCUT2D eigenvalue weighted by Gasteiger charge is -2.13. The van der Waals surface area contributed by atoms with Gasteiger partial charge in [0.1, 0.15) is 34.3 Å². The molecule has 0 aliphatic rings. The Hall–Kier alpha value is -4.87. The number of anilines is 1. The highest BCUT2D eigenvalue weighted by Crippen LogP contribution is 2.45. The first-order valence-electron chi connectivity index (χ1n) is 13.1. The summed E-state index contributed by atoms with van der Waals surface area (Å²) in [5.74, 6) is 0.170. The third kappa shape index (κ3) is 6.56. The van der Waals surface area contributed by atoms with Gasteiger partial charge in [-0.25, -0.2) is 0 Å². The minimum atomic E-state index is -4.63. The third-order valence-corrected chi connectivity index (χ3v) is 8.68. The van der Waals surface area contributed by atoms with Crippen molar-refractivity contribution in [2.24, 2.45) is 20.5 Å². The molecule has 0 aliphatic carbocycles. The molecule has 5 rings (SSSR count). The second-order valence-electron chi connectivity index (χ2n) is 9.59. The van der Waals surface area contributed by atoms with Crippen molar-refractivity contribution in [3.8, 4) is 17.2 Å². The van der Waals surface area contributed by atoms with E-state index < -0.39 is 25.1 Å². The number of nitrogens with two attached hydrogens (primary N) is 1. The summed E-state index contributed by atoms with van der Waals surface area (Å²) in [5, 5.41) is 29.0. The molecule has 0 unspecified atom stereocenters. The van der Waals surface area contributed by atoms with Crippen LogP contribution in [0, 0.1) is 0 Å². The first-order chi connectivity index (χ1) is 21.7. The smallest absolute Gasteiger partial charge is 0.294 e. The molecule has 0 aliphatic heterocycles. The van der Waals surface area contributed by atoms with E-state index in [1.807, 2.05) is 0 Å². The van der Waals surface area contributed by atoms with E-state index >= 15 is 0 Å². The molecule has 5 aromatic carbocycles. The lowest BCUT2D eigenvalue weighted by atomic mass is 10.1. The highest BCUT2D eigenvalue weighted by atomic mass is 35.5. The van der Waals surface area contributed by atoms with E-state index in [1.54, 1.807) is 6.92 Å². The molecular formula is C29H24ClN5O9S2. The fraction of sp³-hybridized carbons (Fsp3) is 0.103. The number of methoxy groups -OCH3 is 1. The molecule has 17 heteroatoms. The molecule has 0 atom stereocenters. The number of phenolic OH excluding ortho intramolecular Hbond substituents is 1. The Kier molecular flexibility index (Phi) is 8.83. The van der Waals surface area contributed by atoms with E-state index in [2.05, 4.69) is 20.5 Å². The molecule has 238 valence electrons. The third-order valence-electron chi connectivity index (χ3n) is 6.68. The van der Waals surface area contributed by atoms with Crippen LogP contribution in [0.1, 0.15) is 6.92 Å². The Morgan fingerprint density at radius 3 is 2.00 bits per heavy atom. The maximum absolute atomic E-state index is 12.0. The maximum atomic E-state index is 12.0. The molecule has 0 saturated carbocycles. The Balaban J connectivity index is 1.73. The van der Waals surface area contributed by atoms with Crippen LogP contribution in [-0.4, -0.2) is 44.8 Å². The molecule has 0 fully saturated rings. The lowest BCUT2D eigenvalue weighted by Crippen LogP contribution is -1.98. The maximum Gasteiger partial charge on any atom is 0.294 e. The number of halogens is 1. The second-order valence-corrected chi connectivity index (χ2v) is 12.8. The molecule has 0 saturated heterocycles. The van der Waals surface area contributed by atoms with Gasteiger partial charge < -0.3 is 20.3 Å². The zero-order valence-corrected chi connectivity index (χ0v) is 26.3. The van der Waals surface area contributed by atoms with Gasteiger partial charge in [0, 0.05) is 28.3 Å². The molecular weight excluding hydrogens is 662 g/mol. The van der Waals surface area contributed by atoms with Gasteiger partial charge in [0.2, 0.25) is 0 Å². The summed E-state index contributed by atoms with van der Waals surface area (Å²) >= 11 is 6.30. The SMILES string of the molecule is CCOc1cc(N=Nc2cc(OC)c(N)cc2Cl)c2cc(S(=O)(=O)O)ccc2c1N=Nc1c(O)ccc2cc(S(=O)(=O)O)ccc12. The second kappa shape index (κ2) is 12.5. The van der Waals surface area contributed by atoms with Gasteiger partial charge in [-0.3, -0.25) is 9.11 Å². The quantitative estimate of drug-likeness (QED) is 0.0673. The zero-order chi connectivity index (χ0) is 33.4. The largest absolute Gasteiger partial charge is 0.506 e. The summed E-state index contributed by atoms with van der Waals surface area (Å²) in [6.45, 7) is 1.89.